The van der Waals surface area contributed by atoms with Crippen molar-refractivity contribution in [1.29, 1.82) is 0 Å². The topological polar surface area (TPSA) is 175 Å². The molecule has 2 unspecified atom stereocenters. The lowest BCUT2D eigenvalue weighted by Crippen LogP contribution is -2.77. The number of aryl methyl sites for hydroxylation is 2. The van der Waals surface area contributed by atoms with E-state index in [1.165, 1.54) is 31.1 Å². The van der Waals surface area contributed by atoms with Crippen LogP contribution in [0.1, 0.15) is 32.6 Å². The van der Waals surface area contributed by atoms with Crippen molar-refractivity contribution in [3.05, 3.63) is 64.2 Å². The maximum Gasteiger partial charge on any atom is 0.235 e. The van der Waals surface area contributed by atoms with Crippen LogP contribution in [0.3, 0.4) is 0 Å². The van der Waals surface area contributed by atoms with Gasteiger partial charge in [-0.3, -0.25) is 28.9 Å². The number of hydrogen-bond acceptors (Lipinski definition) is 9. The molecule has 208 valence electrons. The van der Waals surface area contributed by atoms with E-state index in [1.807, 2.05) is 32.0 Å². The molecule has 10 nitrogen and oxygen atoms in total. The van der Waals surface area contributed by atoms with Crippen LogP contribution in [0, 0.1) is 37.5 Å². The number of carbonyl (C=O) groups excluding carboxylic acids is 5. The summed E-state index contributed by atoms with van der Waals surface area (Å²) in [5.74, 6) is -13.1. The van der Waals surface area contributed by atoms with Gasteiger partial charge in [0.15, 0.2) is 34.7 Å². The monoisotopic (exact) mass is 546 g/mol. The SMILES string of the molecule is Cc1ccc(C=C2c3cccc(O)c3C(=O)C3C(=O)[C@]4(O)C(=O)C(C(N)=O)C(=O)[C@@H](N(C)C)[C@@H]4[C@@H](O)[C@H]23)cc1C. The van der Waals surface area contributed by atoms with E-state index < -0.39 is 76.2 Å². The zero-order valence-corrected chi connectivity index (χ0v) is 22.4. The molecule has 7 atom stereocenters. The number of phenols is 1. The van der Waals surface area contributed by atoms with Crippen LogP contribution < -0.4 is 5.73 Å². The van der Waals surface area contributed by atoms with Crippen molar-refractivity contribution >= 4 is 40.7 Å². The highest BCUT2D eigenvalue weighted by atomic mass is 16.3. The first-order valence-electron chi connectivity index (χ1n) is 12.9. The van der Waals surface area contributed by atoms with Gasteiger partial charge in [0.05, 0.1) is 29.5 Å². The molecule has 5 N–H and O–H groups in total. The number of nitrogens with zero attached hydrogens (tertiary/aromatic N) is 1. The van der Waals surface area contributed by atoms with Crippen LogP contribution in [0.25, 0.3) is 11.6 Å². The van der Waals surface area contributed by atoms with Crippen molar-refractivity contribution in [2.24, 2.45) is 29.4 Å². The summed E-state index contributed by atoms with van der Waals surface area (Å²) >= 11 is 0. The van der Waals surface area contributed by atoms with Crippen LogP contribution in [-0.2, 0) is 19.2 Å². The number of rotatable bonds is 3. The molecule has 2 aromatic rings. The Labute approximate surface area is 230 Å². The molecule has 40 heavy (non-hydrogen) atoms. The number of primary amides is 1. The first-order chi connectivity index (χ1) is 18.7. The Morgan fingerprint density at radius 2 is 1.70 bits per heavy atom. The number of ketones is 4. The van der Waals surface area contributed by atoms with Crippen molar-refractivity contribution in [3.63, 3.8) is 0 Å². The molecule has 1 amide bonds. The van der Waals surface area contributed by atoms with Crippen molar-refractivity contribution < 1.29 is 39.3 Å². The van der Waals surface area contributed by atoms with Gasteiger partial charge in [-0.2, -0.15) is 0 Å². The second-order valence-corrected chi connectivity index (χ2v) is 11.2. The number of Topliss-reactive ketones (excluding diaryl/α,β-unsaturated/α-hetero) is 4. The average molecular weight is 547 g/mol. The van der Waals surface area contributed by atoms with Gasteiger partial charge in [0, 0.05) is 5.92 Å². The van der Waals surface area contributed by atoms with E-state index in [-0.39, 0.29) is 11.1 Å². The number of hydrogen-bond donors (Lipinski definition) is 4. The van der Waals surface area contributed by atoms with Gasteiger partial charge in [-0.25, -0.2) is 0 Å². The molecule has 0 aliphatic heterocycles. The summed E-state index contributed by atoms with van der Waals surface area (Å²) in [6, 6.07) is 8.55. The van der Waals surface area contributed by atoms with Crippen LogP contribution in [0.2, 0.25) is 0 Å². The second kappa shape index (κ2) is 9.29. The fourth-order valence-corrected chi connectivity index (χ4v) is 6.70. The molecule has 3 aliphatic rings. The summed E-state index contributed by atoms with van der Waals surface area (Å²) in [7, 11) is 2.90. The Balaban J connectivity index is 1.80. The van der Waals surface area contributed by atoms with E-state index in [0.717, 1.165) is 11.1 Å². The number of aliphatic hydroxyl groups excluding tert-OH is 1. The van der Waals surface area contributed by atoms with Crippen molar-refractivity contribution in [1.82, 2.24) is 4.90 Å². The number of carbonyl (C=O) groups is 5. The summed E-state index contributed by atoms with van der Waals surface area (Å²) in [4.78, 5) is 68.3. The van der Waals surface area contributed by atoms with Crippen LogP contribution >= 0.6 is 0 Å². The molecule has 0 spiro atoms. The molecule has 0 aromatic heterocycles. The molecule has 0 heterocycles. The Hall–Kier alpha value is -3.99. The third-order valence-electron chi connectivity index (χ3n) is 8.72. The first-order valence-corrected chi connectivity index (χ1v) is 12.9. The minimum atomic E-state index is -3.05. The van der Waals surface area contributed by atoms with Crippen molar-refractivity contribution in [2.75, 3.05) is 14.1 Å². The number of aliphatic hydroxyl groups is 2. The third kappa shape index (κ3) is 3.63. The Morgan fingerprint density at radius 3 is 2.30 bits per heavy atom. The number of benzene rings is 2. The van der Waals surface area contributed by atoms with Gasteiger partial charge in [0.2, 0.25) is 5.91 Å². The average Bonchev–Trinajstić information content (AvgIpc) is 2.87. The van der Waals surface area contributed by atoms with Crippen LogP contribution in [0.4, 0.5) is 0 Å². The second-order valence-electron chi connectivity index (χ2n) is 11.2. The summed E-state index contributed by atoms with van der Waals surface area (Å²) in [5, 5.41) is 34.4. The summed E-state index contributed by atoms with van der Waals surface area (Å²) < 4.78 is 0. The highest BCUT2D eigenvalue weighted by molar-refractivity contribution is 6.33. The molecule has 0 saturated heterocycles. The lowest BCUT2D eigenvalue weighted by molar-refractivity contribution is -0.192. The molecule has 3 aliphatic carbocycles. The van der Waals surface area contributed by atoms with E-state index in [1.54, 1.807) is 12.1 Å². The molecule has 2 fully saturated rings. The minimum absolute atomic E-state index is 0.184. The molecule has 5 rings (SSSR count). The van der Waals surface area contributed by atoms with Crippen molar-refractivity contribution in [2.45, 2.75) is 31.6 Å². The van der Waals surface area contributed by atoms with Gasteiger partial charge in [0.25, 0.3) is 0 Å². The maximum absolute atomic E-state index is 14.1. The van der Waals surface area contributed by atoms with Crippen LogP contribution in [0.15, 0.2) is 36.4 Å². The molecule has 0 bridgehead atoms. The quantitative estimate of drug-likeness (QED) is 0.398. The highest BCUT2D eigenvalue weighted by Crippen LogP contribution is 2.54. The van der Waals surface area contributed by atoms with Gasteiger partial charge < -0.3 is 21.1 Å². The van der Waals surface area contributed by atoms with Gasteiger partial charge >= 0.3 is 0 Å². The van der Waals surface area contributed by atoms with Gasteiger partial charge in [-0.05, 0) is 61.8 Å². The zero-order chi connectivity index (χ0) is 29.4. The van der Waals surface area contributed by atoms with Crippen LogP contribution in [0.5, 0.6) is 5.75 Å². The van der Waals surface area contributed by atoms with E-state index in [4.69, 9.17) is 5.73 Å². The Bertz CT molecular complexity index is 1540. The van der Waals surface area contributed by atoms with Crippen molar-refractivity contribution in [3.8, 4) is 5.75 Å². The lowest BCUT2D eigenvalue weighted by atomic mass is 9.50. The lowest BCUT2D eigenvalue weighted by Gasteiger charge is -2.55. The summed E-state index contributed by atoms with van der Waals surface area (Å²) in [5.41, 5.74) is 5.42. The number of phenolic OH excluding ortho intramolecular Hbond substituents is 1. The molecule has 2 aromatic carbocycles. The van der Waals surface area contributed by atoms with Crippen LogP contribution in [-0.4, -0.2) is 81.1 Å². The minimum Gasteiger partial charge on any atom is -0.507 e. The fourth-order valence-electron chi connectivity index (χ4n) is 6.70. The Morgan fingerprint density at radius 1 is 1.02 bits per heavy atom. The predicted molar refractivity (Wildman–Crippen MR) is 143 cm³/mol. The normalized spacial score (nSPS) is 32.6. The zero-order valence-electron chi connectivity index (χ0n) is 22.4. The predicted octanol–water partition coefficient (Wildman–Crippen LogP) is 0.453. The molecular formula is C30H30N2O8. The highest BCUT2D eigenvalue weighted by Gasteiger charge is 2.72. The number of amides is 1. The third-order valence-corrected chi connectivity index (χ3v) is 8.72. The van der Waals surface area contributed by atoms with E-state index in [2.05, 4.69) is 0 Å². The molecular weight excluding hydrogens is 516 g/mol. The summed E-state index contributed by atoms with van der Waals surface area (Å²) in [6.07, 6.45) is -0.0574. The fraction of sp³-hybridized carbons (Fsp3) is 0.367. The van der Waals surface area contributed by atoms with E-state index >= 15 is 0 Å². The molecule has 2 saturated carbocycles. The molecule has 0 radical (unpaired) electrons. The van der Waals surface area contributed by atoms with E-state index in [0.29, 0.717) is 11.1 Å². The van der Waals surface area contributed by atoms with Gasteiger partial charge in [-0.1, -0.05) is 36.4 Å². The number of fused-ring (bicyclic) bond motifs is 3. The number of likely N-dealkylation sites (N-methyl/N-ethyl adjacent to an activating group) is 1. The number of aromatic hydroxyl groups is 1. The largest absolute Gasteiger partial charge is 0.507 e. The molecule has 10 heteroatoms. The standard InChI is InChI=1S/C30H30N2O8/c1-12-8-9-14(10-13(12)2)11-16-15-6-5-7-17(33)18(15)24(34)20-19(16)25(35)22-23(32(3)4)26(36)21(29(31)39)28(38)30(22,40)27(20)37/h5-11,19-23,25,33,35,40H,1-4H3,(H2,31,39)/t19-,20?,21?,22-,23+,25+,30+/m1/s1. The van der Waals surface area contributed by atoms with Gasteiger partial charge in [0.1, 0.15) is 5.75 Å². The first kappa shape index (κ1) is 27.6. The maximum atomic E-state index is 14.1. The van der Waals surface area contributed by atoms with E-state index in [9.17, 15) is 39.3 Å². The van der Waals surface area contributed by atoms with Gasteiger partial charge in [-0.15, -0.1) is 0 Å². The summed E-state index contributed by atoms with van der Waals surface area (Å²) in [6.45, 7) is 3.86. The smallest absolute Gasteiger partial charge is 0.235 e. The number of nitrogens with two attached hydrogens (primary N) is 1. The Kier molecular flexibility index (Phi) is 6.41.